The molecule has 0 saturated heterocycles. The second-order valence-electron chi connectivity index (χ2n) is 0.783. The van der Waals surface area contributed by atoms with Crippen molar-refractivity contribution < 1.29 is 0 Å². The Morgan fingerprint density at radius 3 is 2.00 bits per heavy atom. The first-order valence-corrected chi connectivity index (χ1v) is 5.52. The van der Waals surface area contributed by atoms with E-state index in [9.17, 15) is 0 Å². The summed E-state index contributed by atoms with van der Waals surface area (Å²) in [5, 5.41) is 6.90. The van der Waals surface area contributed by atoms with Crippen molar-refractivity contribution in [2.24, 2.45) is 0 Å². The summed E-state index contributed by atoms with van der Waals surface area (Å²) in [7, 11) is 0.525. The third kappa shape index (κ3) is 4.53. The third-order valence-corrected chi connectivity index (χ3v) is 3.02. The van der Waals surface area contributed by atoms with E-state index >= 15 is 0 Å². The maximum absolute atomic E-state index is 6.90. The SMILES string of the molecule is CP[P+](C)=N. The summed E-state index contributed by atoms with van der Waals surface area (Å²) in [5.74, 6) is 0. The standard InChI is InChI=1S/C2H8NP2/c1-4-5(2)3/h3-4H,1-2H3/q+1. The van der Waals surface area contributed by atoms with Crippen LogP contribution >= 0.6 is 15.7 Å². The van der Waals surface area contributed by atoms with Crippen LogP contribution < -0.4 is 0 Å². The molecule has 0 bridgehead atoms. The average molecular weight is 108 g/mol. The van der Waals surface area contributed by atoms with E-state index in [1.54, 1.807) is 0 Å². The Morgan fingerprint density at radius 1 is 1.80 bits per heavy atom. The van der Waals surface area contributed by atoms with E-state index in [1.165, 1.54) is 0 Å². The fourth-order valence-corrected chi connectivity index (χ4v) is 0. The zero-order valence-corrected chi connectivity index (χ0v) is 5.34. The van der Waals surface area contributed by atoms with Crippen molar-refractivity contribution in [3.05, 3.63) is 0 Å². The van der Waals surface area contributed by atoms with Crippen LogP contribution in [0.4, 0.5) is 0 Å². The van der Waals surface area contributed by atoms with E-state index in [-0.39, 0.29) is 7.40 Å². The van der Waals surface area contributed by atoms with Gasteiger partial charge < -0.3 is 0 Å². The summed E-state index contributed by atoms with van der Waals surface area (Å²) in [4.78, 5) is 0. The average Bonchev–Trinajstić information content (AvgIpc) is 1.38. The minimum absolute atomic E-state index is 0.320. The van der Waals surface area contributed by atoms with E-state index in [0.717, 1.165) is 8.27 Å². The molecule has 1 N–H and O–H groups in total. The Bertz CT molecular complexity index is 42.9. The fraction of sp³-hybridized carbons (Fsp3) is 1.00. The summed E-state index contributed by atoms with van der Waals surface area (Å²) < 4.78 is 0. The molecule has 0 aromatic rings. The summed E-state index contributed by atoms with van der Waals surface area (Å²) in [6.45, 7) is 4.03. The highest BCUT2D eigenvalue weighted by atomic mass is 32.0. The summed E-state index contributed by atoms with van der Waals surface area (Å²) in [6.07, 6.45) is 0. The molecular weight excluding hydrogens is 100.0 g/mol. The van der Waals surface area contributed by atoms with E-state index < -0.39 is 0 Å². The molecule has 0 amide bonds. The molecule has 0 aliphatic carbocycles. The van der Waals surface area contributed by atoms with Gasteiger partial charge in [0.15, 0.2) is 0 Å². The lowest BCUT2D eigenvalue weighted by atomic mass is 12.0. The fourth-order valence-electron chi connectivity index (χ4n) is 0. The minimum atomic E-state index is -0.320. The van der Waals surface area contributed by atoms with Gasteiger partial charge in [-0.25, -0.2) is 0 Å². The van der Waals surface area contributed by atoms with Gasteiger partial charge in [0.25, 0.3) is 0 Å². The summed E-state index contributed by atoms with van der Waals surface area (Å²) in [6, 6.07) is 0. The first-order chi connectivity index (χ1) is 2.27. The van der Waals surface area contributed by atoms with Gasteiger partial charge >= 0.3 is 0 Å². The van der Waals surface area contributed by atoms with Crippen molar-refractivity contribution in [1.82, 2.24) is 0 Å². The van der Waals surface area contributed by atoms with E-state index in [4.69, 9.17) is 5.16 Å². The van der Waals surface area contributed by atoms with Crippen LogP contribution in [-0.2, 0) is 0 Å². The lowest BCUT2D eigenvalue weighted by Crippen LogP contribution is -1.27. The molecule has 0 fully saturated rings. The number of hydrogen-bond donors (Lipinski definition) is 1. The van der Waals surface area contributed by atoms with Gasteiger partial charge in [-0.2, -0.15) is 0 Å². The Hall–Kier alpha value is 0.530. The first-order valence-electron chi connectivity index (χ1n) is 1.39. The second-order valence-corrected chi connectivity index (χ2v) is 5.70. The second kappa shape index (κ2) is 2.75. The molecule has 3 heteroatoms. The number of hydrogen-bond acceptors (Lipinski definition) is 1. The van der Waals surface area contributed by atoms with Crippen molar-refractivity contribution in [2.45, 2.75) is 0 Å². The number of nitrogens with one attached hydrogen (secondary N) is 1. The molecule has 2 unspecified atom stereocenters. The van der Waals surface area contributed by atoms with Crippen LogP contribution in [0.2, 0.25) is 0 Å². The van der Waals surface area contributed by atoms with Crippen LogP contribution in [0.25, 0.3) is 0 Å². The highest BCUT2D eigenvalue weighted by Crippen LogP contribution is 2.37. The Labute approximate surface area is 35.1 Å². The molecule has 0 heterocycles. The third-order valence-electron chi connectivity index (χ3n) is 0.335. The molecule has 0 rings (SSSR count). The predicted octanol–water partition coefficient (Wildman–Crippen LogP) is 2.08. The van der Waals surface area contributed by atoms with Crippen molar-refractivity contribution in [3.63, 3.8) is 0 Å². The van der Waals surface area contributed by atoms with Crippen LogP contribution in [0.5, 0.6) is 0 Å². The quantitative estimate of drug-likeness (QED) is 0.497. The largest absolute Gasteiger partial charge is 0.207 e. The predicted molar refractivity (Wildman–Crippen MR) is 29.8 cm³/mol. The van der Waals surface area contributed by atoms with Gasteiger partial charge in [-0.1, -0.05) is 0 Å². The van der Waals surface area contributed by atoms with Crippen molar-refractivity contribution in [2.75, 3.05) is 13.3 Å². The van der Waals surface area contributed by atoms with E-state index in [0.29, 0.717) is 0 Å². The molecule has 0 aromatic heterocycles. The monoisotopic (exact) mass is 108 g/mol. The zero-order valence-electron chi connectivity index (χ0n) is 3.45. The lowest BCUT2D eigenvalue weighted by Gasteiger charge is -1.61. The molecule has 0 spiro atoms. The van der Waals surface area contributed by atoms with Crippen LogP contribution in [0, 0.1) is 5.16 Å². The molecule has 0 radical (unpaired) electrons. The summed E-state index contributed by atoms with van der Waals surface area (Å²) >= 11 is 0. The molecule has 0 saturated carbocycles. The topological polar surface area (TPSA) is 23.9 Å². The summed E-state index contributed by atoms with van der Waals surface area (Å²) in [5.41, 5.74) is 0. The van der Waals surface area contributed by atoms with Gasteiger partial charge in [0.05, 0.1) is 0 Å². The van der Waals surface area contributed by atoms with Crippen molar-refractivity contribution in [3.8, 4) is 0 Å². The van der Waals surface area contributed by atoms with Crippen LogP contribution in [-0.4, -0.2) is 13.3 Å². The molecular formula is C2H8NP2+. The minimum Gasteiger partial charge on any atom is -0.123 e. The lowest BCUT2D eigenvalue weighted by molar-refractivity contribution is 1.64. The van der Waals surface area contributed by atoms with E-state index in [2.05, 4.69) is 6.66 Å². The maximum Gasteiger partial charge on any atom is 0.207 e. The van der Waals surface area contributed by atoms with Gasteiger partial charge in [-0.15, -0.1) is 5.16 Å². The van der Waals surface area contributed by atoms with E-state index in [1.807, 2.05) is 6.66 Å². The Kier molecular flexibility index (Phi) is 3.04. The van der Waals surface area contributed by atoms with Gasteiger partial charge in [-0.3, -0.25) is 0 Å². The molecule has 30 valence electrons. The molecule has 2 atom stereocenters. The van der Waals surface area contributed by atoms with Crippen molar-refractivity contribution in [1.29, 1.82) is 5.16 Å². The van der Waals surface area contributed by atoms with Crippen molar-refractivity contribution >= 4 is 15.7 Å². The van der Waals surface area contributed by atoms with Gasteiger partial charge in [-0.05, 0) is 6.66 Å². The Balaban J connectivity index is 2.85. The van der Waals surface area contributed by atoms with Gasteiger partial charge in [0, 0.05) is 0 Å². The van der Waals surface area contributed by atoms with Gasteiger partial charge in [0.1, 0.15) is 14.9 Å². The molecule has 0 aliphatic rings. The van der Waals surface area contributed by atoms with Crippen LogP contribution in [0.3, 0.4) is 0 Å². The highest BCUT2D eigenvalue weighted by Gasteiger charge is 1.86. The molecule has 0 aromatic carbocycles. The highest BCUT2D eigenvalue weighted by molar-refractivity contribution is 8.15. The van der Waals surface area contributed by atoms with Crippen LogP contribution in [0.1, 0.15) is 0 Å². The Morgan fingerprint density at radius 2 is 2.00 bits per heavy atom. The molecule has 0 aliphatic heterocycles. The van der Waals surface area contributed by atoms with Crippen LogP contribution in [0.15, 0.2) is 0 Å². The number of rotatable bonds is 1. The van der Waals surface area contributed by atoms with Gasteiger partial charge in [0.2, 0.25) is 7.40 Å². The molecule has 1 nitrogen and oxygen atoms in total. The zero-order chi connectivity index (χ0) is 4.28. The molecule has 5 heavy (non-hydrogen) atoms. The first kappa shape index (κ1) is 5.53. The smallest absolute Gasteiger partial charge is 0.123 e. The normalized spacial score (nSPS) is 13.6. The maximum atomic E-state index is 6.90.